The zero-order valence-corrected chi connectivity index (χ0v) is 12.2. The Morgan fingerprint density at radius 3 is 2.74 bits per heavy atom. The average Bonchev–Trinajstić information content (AvgIpc) is 3.12. The van der Waals surface area contributed by atoms with E-state index < -0.39 is 22.4 Å². The summed E-state index contributed by atoms with van der Waals surface area (Å²) in [5, 5.41) is 13.4. The number of amides is 3. The highest BCUT2D eigenvalue weighted by atomic mass is 16.6. The number of nitrogens with zero attached hydrogens (tertiary/aromatic N) is 2. The van der Waals surface area contributed by atoms with Crippen molar-refractivity contribution in [2.45, 2.75) is 19.0 Å². The number of hydrogen-bond donors (Lipinski definition) is 1. The van der Waals surface area contributed by atoms with Gasteiger partial charge in [0.1, 0.15) is 5.76 Å². The summed E-state index contributed by atoms with van der Waals surface area (Å²) in [6, 6.07) is 8.48. The number of carbonyl (C=O) groups excluding carboxylic acids is 2. The Bertz CT molecular complexity index is 786. The van der Waals surface area contributed by atoms with Crippen LogP contribution in [0.15, 0.2) is 47.1 Å². The lowest BCUT2D eigenvalue weighted by Crippen LogP contribution is -2.40. The summed E-state index contributed by atoms with van der Waals surface area (Å²) >= 11 is 0. The molecule has 1 aliphatic heterocycles. The van der Waals surface area contributed by atoms with Crippen molar-refractivity contribution in [2.75, 3.05) is 0 Å². The fourth-order valence-corrected chi connectivity index (χ4v) is 2.52. The van der Waals surface area contributed by atoms with Crippen molar-refractivity contribution in [3.8, 4) is 0 Å². The molecule has 2 aromatic rings. The van der Waals surface area contributed by atoms with Crippen LogP contribution in [0, 0.1) is 10.1 Å². The van der Waals surface area contributed by atoms with Crippen LogP contribution in [0.5, 0.6) is 0 Å². The molecule has 1 saturated heterocycles. The van der Waals surface area contributed by atoms with Gasteiger partial charge in [-0.05, 0) is 24.6 Å². The summed E-state index contributed by atoms with van der Waals surface area (Å²) in [5.41, 5.74) is -0.879. The molecular formula is C15H13N3O5. The fraction of sp³-hybridized carbons (Fsp3) is 0.200. The molecule has 1 aromatic heterocycles. The Morgan fingerprint density at radius 1 is 1.30 bits per heavy atom. The molecule has 23 heavy (non-hydrogen) atoms. The van der Waals surface area contributed by atoms with Crippen LogP contribution in [-0.4, -0.2) is 21.8 Å². The molecule has 1 aliphatic rings. The molecule has 1 aromatic carbocycles. The Labute approximate surface area is 130 Å². The second-order valence-electron chi connectivity index (χ2n) is 5.35. The van der Waals surface area contributed by atoms with E-state index in [1.165, 1.54) is 24.5 Å². The van der Waals surface area contributed by atoms with Crippen molar-refractivity contribution in [1.82, 2.24) is 10.2 Å². The van der Waals surface area contributed by atoms with Gasteiger partial charge in [0.15, 0.2) is 5.54 Å². The summed E-state index contributed by atoms with van der Waals surface area (Å²) in [7, 11) is 0. The van der Waals surface area contributed by atoms with Gasteiger partial charge in [-0.2, -0.15) is 0 Å². The van der Waals surface area contributed by atoms with Crippen LogP contribution in [0.1, 0.15) is 18.2 Å². The molecular weight excluding hydrogens is 302 g/mol. The van der Waals surface area contributed by atoms with Crippen molar-refractivity contribution in [3.05, 3.63) is 64.1 Å². The van der Waals surface area contributed by atoms with E-state index in [1.54, 1.807) is 25.1 Å². The van der Waals surface area contributed by atoms with Gasteiger partial charge in [-0.3, -0.25) is 19.8 Å². The minimum absolute atomic E-state index is 0.0529. The Balaban J connectivity index is 1.87. The molecule has 0 radical (unpaired) electrons. The number of benzene rings is 1. The second-order valence-corrected chi connectivity index (χ2v) is 5.35. The van der Waals surface area contributed by atoms with Gasteiger partial charge >= 0.3 is 6.03 Å². The van der Waals surface area contributed by atoms with Crippen LogP contribution in [0.4, 0.5) is 10.5 Å². The van der Waals surface area contributed by atoms with Crippen LogP contribution in [0.25, 0.3) is 0 Å². The van der Waals surface area contributed by atoms with Gasteiger partial charge in [-0.25, -0.2) is 4.79 Å². The normalized spacial score (nSPS) is 20.7. The minimum Gasteiger partial charge on any atom is -0.466 e. The van der Waals surface area contributed by atoms with Crippen LogP contribution in [0.2, 0.25) is 0 Å². The molecule has 0 aliphatic carbocycles. The smallest absolute Gasteiger partial charge is 0.325 e. The van der Waals surface area contributed by atoms with E-state index in [2.05, 4.69) is 5.32 Å². The van der Waals surface area contributed by atoms with Gasteiger partial charge in [-0.1, -0.05) is 12.1 Å². The van der Waals surface area contributed by atoms with E-state index in [0.29, 0.717) is 11.3 Å². The molecule has 3 amide bonds. The van der Waals surface area contributed by atoms with Crippen LogP contribution < -0.4 is 5.32 Å². The van der Waals surface area contributed by atoms with E-state index in [0.717, 1.165) is 4.90 Å². The van der Waals surface area contributed by atoms with Crippen LogP contribution in [-0.2, 0) is 16.9 Å². The van der Waals surface area contributed by atoms with Crippen molar-refractivity contribution in [3.63, 3.8) is 0 Å². The van der Waals surface area contributed by atoms with Crippen LogP contribution in [0.3, 0.4) is 0 Å². The SMILES string of the molecule is CC1(c2ccco2)NC(=O)N(Cc2cccc([N+](=O)[O-])c2)C1=O. The Kier molecular flexibility index (Phi) is 3.36. The monoisotopic (exact) mass is 315 g/mol. The molecule has 0 spiro atoms. The first-order valence-corrected chi connectivity index (χ1v) is 6.83. The number of nitro benzene ring substituents is 1. The molecule has 8 heteroatoms. The van der Waals surface area contributed by atoms with Gasteiger partial charge in [0.25, 0.3) is 11.6 Å². The summed E-state index contributed by atoms with van der Waals surface area (Å²) in [6.07, 6.45) is 1.42. The highest BCUT2D eigenvalue weighted by Crippen LogP contribution is 2.30. The lowest BCUT2D eigenvalue weighted by atomic mass is 9.99. The van der Waals surface area contributed by atoms with Crippen molar-refractivity contribution >= 4 is 17.6 Å². The number of nitro groups is 1. The molecule has 2 heterocycles. The largest absolute Gasteiger partial charge is 0.466 e. The molecule has 1 unspecified atom stereocenters. The maximum Gasteiger partial charge on any atom is 0.325 e. The number of urea groups is 1. The van der Waals surface area contributed by atoms with Gasteiger partial charge < -0.3 is 9.73 Å². The minimum atomic E-state index is -1.28. The summed E-state index contributed by atoms with van der Waals surface area (Å²) in [5.74, 6) is -0.138. The van der Waals surface area contributed by atoms with E-state index in [1.807, 2.05) is 0 Å². The molecule has 0 bridgehead atoms. The van der Waals surface area contributed by atoms with Crippen molar-refractivity contribution < 1.29 is 18.9 Å². The number of non-ortho nitro benzene ring substituents is 1. The predicted molar refractivity (Wildman–Crippen MR) is 78.2 cm³/mol. The first-order valence-electron chi connectivity index (χ1n) is 6.83. The number of rotatable bonds is 4. The lowest BCUT2D eigenvalue weighted by Gasteiger charge is -2.19. The van der Waals surface area contributed by atoms with E-state index in [4.69, 9.17) is 4.42 Å². The molecule has 0 saturated carbocycles. The quantitative estimate of drug-likeness (QED) is 0.528. The molecule has 118 valence electrons. The predicted octanol–water partition coefficient (Wildman–Crippen LogP) is 2.16. The van der Waals surface area contributed by atoms with Gasteiger partial charge in [-0.15, -0.1) is 0 Å². The molecule has 8 nitrogen and oxygen atoms in total. The first kappa shape index (κ1) is 14.8. The van der Waals surface area contributed by atoms with Crippen molar-refractivity contribution in [2.24, 2.45) is 0 Å². The van der Waals surface area contributed by atoms with E-state index in [-0.39, 0.29) is 12.2 Å². The Morgan fingerprint density at radius 2 is 2.09 bits per heavy atom. The van der Waals surface area contributed by atoms with Crippen molar-refractivity contribution in [1.29, 1.82) is 0 Å². The highest BCUT2D eigenvalue weighted by Gasteiger charge is 2.50. The number of hydrogen-bond acceptors (Lipinski definition) is 5. The fourth-order valence-electron chi connectivity index (χ4n) is 2.52. The first-order chi connectivity index (χ1) is 10.9. The maximum absolute atomic E-state index is 12.6. The van der Waals surface area contributed by atoms with E-state index >= 15 is 0 Å². The Hall–Kier alpha value is -3.16. The molecule has 1 atom stereocenters. The zero-order valence-electron chi connectivity index (χ0n) is 12.2. The molecule has 3 rings (SSSR count). The lowest BCUT2D eigenvalue weighted by molar-refractivity contribution is -0.384. The maximum atomic E-state index is 12.6. The summed E-state index contributed by atoms with van der Waals surface area (Å²) < 4.78 is 5.24. The topological polar surface area (TPSA) is 106 Å². The number of furan rings is 1. The third kappa shape index (κ3) is 2.44. The second kappa shape index (κ2) is 5.24. The summed E-state index contributed by atoms with van der Waals surface area (Å²) in [4.78, 5) is 36.0. The van der Waals surface area contributed by atoms with Crippen LogP contribution >= 0.6 is 0 Å². The third-order valence-corrected chi connectivity index (χ3v) is 3.75. The zero-order chi connectivity index (χ0) is 16.6. The summed E-state index contributed by atoms with van der Waals surface area (Å²) in [6.45, 7) is 1.50. The van der Waals surface area contributed by atoms with Gasteiger partial charge in [0, 0.05) is 12.1 Å². The standard InChI is InChI=1S/C15H13N3O5/c1-15(12-6-3-7-23-12)13(19)17(14(20)16-15)9-10-4-2-5-11(8-10)18(21)22/h2-8H,9H2,1H3,(H,16,20). The third-order valence-electron chi connectivity index (χ3n) is 3.75. The average molecular weight is 315 g/mol. The van der Waals surface area contributed by atoms with E-state index in [9.17, 15) is 19.7 Å². The number of carbonyl (C=O) groups is 2. The number of nitrogens with one attached hydrogen (secondary N) is 1. The number of imide groups is 1. The molecule has 1 fully saturated rings. The van der Waals surface area contributed by atoms with Gasteiger partial charge in [0.05, 0.1) is 17.7 Å². The highest BCUT2D eigenvalue weighted by molar-refractivity contribution is 6.06. The van der Waals surface area contributed by atoms with Gasteiger partial charge in [0.2, 0.25) is 0 Å². The molecule has 1 N–H and O–H groups in total.